The summed E-state index contributed by atoms with van der Waals surface area (Å²) >= 11 is 0. The first-order valence-corrected chi connectivity index (χ1v) is 6.23. The van der Waals surface area contributed by atoms with E-state index in [0.717, 1.165) is 13.0 Å². The van der Waals surface area contributed by atoms with Crippen LogP contribution < -0.4 is 5.32 Å². The Balaban J connectivity index is 1.88. The Labute approximate surface area is 107 Å². The molecule has 0 bridgehead atoms. The van der Waals surface area contributed by atoms with Gasteiger partial charge in [-0.3, -0.25) is 9.89 Å². The molecule has 100 valence electrons. The average molecular weight is 252 g/mol. The van der Waals surface area contributed by atoms with Gasteiger partial charge >= 0.3 is 0 Å². The highest BCUT2D eigenvalue weighted by molar-refractivity contribution is 5.90. The van der Waals surface area contributed by atoms with E-state index in [1.54, 1.807) is 0 Å². The fraction of sp³-hybridized carbons (Fsp3) is 0.750. The number of hydrogen-bond donors (Lipinski definition) is 2. The number of carbonyl (C=O) groups excluding carboxylic acids is 1. The molecule has 2 N–H and O–H groups in total. The minimum Gasteiger partial charge on any atom is -0.377 e. The van der Waals surface area contributed by atoms with Gasteiger partial charge in [0.05, 0.1) is 6.10 Å². The standard InChI is InChI=1S/C12H20N4O2/c1-12(2,3)9-8(4-5-18-9)6-13-11(17)10-14-7-15-16-10/h7-9H,4-6H2,1-3H3,(H,13,17)(H,14,15,16)/t8-,9+/m1/s1. The van der Waals surface area contributed by atoms with Crippen LogP contribution in [-0.2, 0) is 4.74 Å². The molecule has 2 heterocycles. The van der Waals surface area contributed by atoms with Crippen molar-refractivity contribution in [1.29, 1.82) is 0 Å². The maximum Gasteiger partial charge on any atom is 0.288 e. The molecule has 2 atom stereocenters. The number of H-pyrrole nitrogens is 1. The van der Waals surface area contributed by atoms with Gasteiger partial charge in [0.25, 0.3) is 5.91 Å². The number of aromatic amines is 1. The number of nitrogens with one attached hydrogen (secondary N) is 2. The number of carbonyl (C=O) groups is 1. The summed E-state index contributed by atoms with van der Waals surface area (Å²) in [6.45, 7) is 7.86. The van der Waals surface area contributed by atoms with Crippen LogP contribution in [0.1, 0.15) is 37.8 Å². The molecular weight excluding hydrogens is 232 g/mol. The summed E-state index contributed by atoms with van der Waals surface area (Å²) in [4.78, 5) is 15.6. The minimum absolute atomic E-state index is 0.0954. The first-order chi connectivity index (χ1) is 8.48. The van der Waals surface area contributed by atoms with Gasteiger partial charge in [0.1, 0.15) is 6.33 Å². The highest BCUT2D eigenvalue weighted by atomic mass is 16.5. The fourth-order valence-corrected chi connectivity index (χ4v) is 2.42. The molecule has 0 radical (unpaired) electrons. The lowest BCUT2D eigenvalue weighted by Gasteiger charge is -2.31. The second-order valence-corrected chi connectivity index (χ2v) is 5.75. The topological polar surface area (TPSA) is 79.9 Å². The molecule has 0 aromatic carbocycles. The Morgan fingerprint density at radius 2 is 2.39 bits per heavy atom. The van der Waals surface area contributed by atoms with E-state index < -0.39 is 0 Å². The average Bonchev–Trinajstić information content (AvgIpc) is 2.95. The predicted octanol–water partition coefficient (Wildman–Crippen LogP) is 0.986. The molecule has 18 heavy (non-hydrogen) atoms. The van der Waals surface area contributed by atoms with Crippen molar-refractivity contribution in [3.63, 3.8) is 0 Å². The van der Waals surface area contributed by atoms with Crippen LogP contribution in [0.5, 0.6) is 0 Å². The minimum atomic E-state index is -0.216. The first-order valence-electron chi connectivity index (χ1n) is 6.23. The quantitative estimate of drug-likeness (QED) is 0.840. The Kier molecular flexibility index (Phi) is 3.65. The van der Waals surface area contributed by atoms with Crippen molar-refractivity contribution in [3.8, 4) is 0 Å². The monoisotopic (exact) mass is 252 g/mol. The van der Waals surface area contributed by atoms with Crippen molar-refractivity contribution in [2.24, 2.45) is 11.3 Å². The second-order valence-electron chi connectivity index (χ2n) is 5.75. The van der Waals surface area contributed by atoms with E-state index in [1.165, 1.54) is 6.33 Å². The van der Waals surface area contributed by atoms with Gasteiger partial charge in [-0.1, -0.05) is 20.8 Å². The molecule has 1 fully saturated rings. The summed E-state index contributed by atoms with van der Waals surface area (Å²) in [6, 6.07) is 0. The largest absolute Gasteiger partial charge is 0.377 e. The van der Waals surface area contributed by atoms with Gasteiger partial charge in [-0.25, -0.2) is 4.98 Å². The molecule has 1 aromatic rings. The van der Waals surface area contributed by atoms with Gasteiger partial charge in [-0.05, 0) is 11.8 Å². The third-order valence-corrected chi connectivity index (χ3v) is 3.22. The van der Waals surface area contributed by atoms with E-state index in [0.29, 0.717) is 12.5 Å². The van der Waals surface area contributed by atoms with E-state index >= 15 is 0 Å². The molecule has 1 aromatic heterocycles. The van der Waals surface area contributed by atoms with Crippen molar-refractivity contribution < 1.29 is 9.53 Å². The molecule has 2 rings (SSSR count). The van der Waals surface area contributed by atoms with Crippen LogP contribution >= 0.6 is 0 Å². The van der Waals surface area contributed by atoms with Crippen LogP contribution in [-0.4, -0.2) is 40.3 Å². The van der Waals surface area contributed by atoms with Gasteiger partial charge in [0, 0.05) is 19.1 Å². The molecular formula is C12H20N4O2. The third-order valence-electron chi connectivity index (χ3n) is 3.22. The maximum atomic E-state index is 11.7. The first kappa shape index (κ1) is 13.0. The van der Waals surface area contributed by atoms with Gasteiger partial charge in [0.15, 0.2) is 0 Å². The van der Waals surface area contributed by atoms with Gasteiger partial charge in [-0.2, -0.15) is 5.10 Å². The number of rotatable bonds is 3. The number of ether oxygens (including phenoxy) is 1. The molecule has 6 heteroatoms. The Morgan fingerprint density at radius 3 is 3.00 bits per heavy atom. The molecule has 6 nitrogen and oxygen atoms in total. The van der Waals surface area contributed by atoms with Crippen molar-refractivity contribution in [2.75, 3.05) is 13.2 Å². The Bertz CT molecular complexity index is 397. The third kappa shape index (κ3) is 2.87. The van der Waals surface area contributed by atoms with Crippen LogP contribution in [0.4, 0.5) is 0 Å². The molecule has 0 saturated carbocycles. The number of amides is 1. The van der Waals surface area contributed by atoms with Gasteiger partial charge < -0.3 is 10.1 Å². The molecule has 0 aliphatic carbocycles. The zero-order valence-corrected chi connectivity index (χ0v) is 11.1. The summed E-state index contributed by atoms with van der Waals surface area (Å²) in [5, 5.41) is 9.08. The van der Waals surface area contributed by atoms with Crippen LogP contribution in [0.15, 0.2) is 6.33 Å². The lowest BCUT2D eigenvalue weighted by Crippen LogP contribution is -2.39. The maximum absolute atomic E-state index is 11.7. The van der Waals surface area contributed by atoms with Crippen LogP contribution in [0.2, 0.25) is 0 Å². The van der Waals surface area contributed by atoms with Crippen LogP contribution in [0.3, 0.4) is 0 Å². The molecule has 1 saturated heterocycles. The fourth-order valence-electron chi connectivity index (χ4n) is 2.42. The number of aromatic nitrogens is 3. The molecule has 1 aliphatic heterocycles. The van der Waals surface area contributed by atoms with Crippen molar-refractivity contribution in [1.82, 2.24) is 20.5 Å². The molecule has 1 aliphatic rings. The Morgan fingerprint density at radius 1 is 1.61 bits per heavy atom. The summed E-state index contributed by atoms with van der Waals surface area (Å²) < 4.78 is 5.77. The van der Waals surface area contributed by atoms with E-state index in [2.05, 4.69) is 41.3 Å². The Hall–Kier alpha value is -1.43. The van der Waals surface area contributed by atoms with Crippen LogP contribution in [0, 0.1) is 11.3 Å². The SMILES string of the molecule is CC(C)(C)[C@H]1OCC[C@@H]1CNC(=O)c1ncn[nH]1. The van der Waals surface area contributed by atoms with E-state index in [9.17, 15) is 4.79 Å². The van der Waals surface area contributed by atoms with Gasteiger partial charge in [0.2, 0.25) is 5.82 Å². The molecule has 0 spiro atoms. The number of nitrogens with zero attached hydrogens (tertiary/aromatic N) is 2. The highest BCUT2D eigenvalue weighted by Crippen LogP contribution is 2.34. The summed E-state index contributed by atoms with van der Waals surface area (Å²) in [5.74, 6) is 0.394. The lowest BCUT2D eigenvalue weighted by molar-refractivity contribution is 0.00735. The zero-order chi connectivity index (χ0) is 13.2. The van der Waals surface area contributed by atoms with Crippen molar-refractivity contribution in [2.45, 2.75) is 33.3 Å². The summed E-state index contributed by atoms with van der Waals surface area (Å²) in [5.41, 5.74) is 0.0954. The predicted molar refractivity (Wildman–Crippen MR) is 66.0 cm³/mol. The zero-order valence-electron chi connectivity index (χ0n) is 11.1. The summed E-state index contributed by atoms with van der Waals surface area (Å²) in [6.07, 6.45) is 2.50. The summed E-state index contributed by atoms with van der Waals surface area (Å²) in [7, 11) is 0. The second kappa shape index (κ2) is 5.06. The van der Waals surface area contributed by atoms with E-state index in [-0.39, 0.29) is 23.3 Å². The van der Waals surface area contributed by atoms with Crippen molar-refractivity contribution >= 4 is 5.91 Å². The molecule has 0 unspecified atom stereocenters. The van der Waals surface area contributed by atoms with Crippen LogP contribution in [0.25, 0.3) is 0 Å². The van der Waals surface area contributed by atoms with Crippen molar-refractivity contribution in [3.05, 3.63) is 12.2 Å². The smallest absolute Gasteiger partial charge is 0.288 e. The van der Waals surface area contributed by atoms with Gasteiger partial charge in [-0.15, -0.1) is 0 Å². The normalized spacial score (nSPS) is 24.2. The number of hydrogen-bond acceptors (Lipinski definition) is 4. The van der Waals surface area contributed by atoms with E-state index in [4.69, 9.17) is 4.74 Å². The van der Waals surface area contributed by atoms with E-state index in [1.807, 2.05) is 0 Å². The lowest BCUT2D eigenvalue weighted by atomic mass is 9.81. The highest BCUT2D eigenvalue weighted by Gasteiger charge is 2.37. The molecule has 1 amide bonds.